The molecule has 0 aliphatic carbocycles. The van der Waals surface area contributed by atoms with Crippen LogP contribution in [0.4, 0.5) is 0 Å². The molecule has 0 unspecified atom stereocenters. The number of hydrogen-bond donors (Lipinski definition) is 3. The maximum Gasteiger partial charge on any atom is 0.355 e. The minimum absolute atomic E-state index is 0.119. The summed E-state index contributed by atoms with van der Waals surface area (Å²) in [4.78, 5) is 32.6. The second-order valence-electron chi connectivity index (χ2n) is 3.06. The Morgan fingerprint density at radius 3 is 2.94 bits per heavy atom. The Bertz CT molecular complexity index is 534. The molecule has 0 spiro atoms. The molecule has 2 heterocycles. The monoisotopic (exact) mass is 252 g/mol. The predicted molar refractivity (Wildman–Crippen MR) is 58.8 cm³/mol. The zero-order chi connectivity index (χ0) is 12.3. The summed E-state index contributed by atoms with van der Waals surface area (Å²) in [7, 11) is 0. The van der Waals surface area contributed by atoms with E-state index in [1.165, 1.54) is 5.38 Å². The molecule has 0 fully saturated rings. The highest BCUT2D eigenvalue weighted by Crippen LogP contribution is 2.09. The fraction of sp³-hybridized carbons (Fsp3) is 0.111. The number of rotatable bonds is 4. The van der Waals surface area contributed by atoms with Crippen molar-refractivity contribution in [2.45, 2.75) is 6.54 Å². The number of aromatic amines is 1. The van der Waals surface area contributed by atoms with Crippen LogP contribution in [0.2, 0.25) is 0 Å². The van der Waals surface area contributed by atoms with E-state index in [0.29, 0.717) is 5.82 Å². The van der Waals surface area contributed by atoms with Crippen LogP contribution in [0.3, 0.4) is 0 Å². The molecule has 0 saturated heterocycles. The van der Waals surface area contributed by atoms with Gasteiger partial charge in [-0.1, -0.05) is 0 Å². The lowest BCUT2D eigenvalue weighted by Crippen LogP contribution is -2.23. The van der Waals surface area contributed by atoms with Crippen molar-refractivity contribution in [3.8, 4) is 0 Å². The van der Waals surface area contributed by atoms with Gasteiger partial charge in [-0.15, -0.1) is 11.3 Å². The lowest BCUT2D eigenvalue weighted by molar-refractivity contribution is 0.0691. The zero-order valence-corrected chi connectivity index (χ0v) is 9.32. The van der Waals surface area contributed by atoms with Crippen LogP contribution in [0.25, 0.3) is 0 Å². The smallest absolute Gasteiger partial charge is 0.355 e. The lowest BCUT2D eigenvalue weighted by Gasteiger charge is -1.99. The molecule has 0 bridgehead atoms. The number of hydrogen-bond acceptors (Lipinski definition) is 5. The molecular formula is C9H8N4O3S. The Morgan fingerprint density at radius 2 is 2.35 bits per heavy atom. The van der Waals surface area contributed by atoms with Gasteiger partial charge in [0.2, 0.25) is 0 Å². The lowest BCUT2D eigenvalue weighted by atomic mass is 10.5. The number of H-pyrrole nitrogens is 1. The SMILES string of the molecule is O=C(O)c1csc(C(=O)NCc2ncc[nH]2)n1. The van der Waals surface area contributed by atoms with Gasteiger partial charge in [-0.2, -0.15) is 0 Å². The van der Waals surface area contributed by atoms with Gasteiger partial charge in [0.25, 0.3) is 5.91 Å². The molecule has 0 radical (unpaired) electrons. The van der Waals surface area contributed by atoms with E-state index in [1.807, 2.05) is 0 Å². The number of carbonyl (C=O) groups is 2. The van der Waals surface area contributed by atoms with Crippen molar-refractivity contribution in [3.63, 3.8) is 0 Å². The van der Waals surface area contributed by atoms with Crippen molar-refractivity contribution in [1.29, 1.82) is 0 Å². The van der Waals surface area contributed by atoms with E-state index in [4.69, 9.17) is 5.11 Å². The number of nitrogens with zero attached hydrogens (tertiary/aromatic N) is 2. The third-order valence-corrected chi connectivity index (χ3v) is 2.73. The van der Waals surface area contributed by atoms with Gasteiger partial charge in [0, 0.05) is 17.8 Å². The first-order valence-corrected chi connectivity index (χ1v) is 5.50. The molecule has 8 heteroatoms. The summed E-state index contributed by atoms with van der Waals surface area (Å²) in [5, 5.41) is 12.7. The molecule has 3 N–H and O–H groups in total. The molecular weight excluding hydrogens is 244 g/mol. The number of carboxylic acid groups (broad SMARTS) is 1. The Morgan fingerprint density at radius 1 is 1.53 bits per heavy atom. The van der Waals surface area contributed by atoms with Crippen LogP contribution in [0.1, 0.15) is 26.1 Å². The molecule has 17 heavy (non-hydrogen) atoms. The van der Waals surface area contributed by atoms with Gasteiger partial charge in [-0.3, -0.25) is 4.79 Å². The molecule has 88 valence electrons. The Balaban J connectivity index is 1.97. The zero-order valence-electron chi connectivity index (χ0n) is 8.51. The Labute approximate surface area is 99.5 Å². The minimum atomic E-state index is -1.15. The molecule has 2 aromatic heterocycles. The number of imidazole rings is 1. The minimum Gasteiger partial charge on any atom is -0.476 e. The first kappa shape index (κ1) is 11.3. The number of amides is 1. The summed E-state index contributed by atoms with van der Waals surface area (Å²) in [6.45, 7) is 0.244. The fourth-order valence-corrected chi connectivity index (χ4v) is 1.82. The van der Waals surface area contributed by atoms with Crippen LogP contribution < -0.4 is 5.32 Å². The van der Waals surface area contributed by atoms with Crippen LogP contribution in [0, 0.1) is 0 Å². The molecule has 0 atom stereocenters. The average molecular weight is 252 g/mol. The number of carbonyl (C=O) groups excluding carboxylic acids is 1. The van der Waals surface area contributed by atoms with Crippen molar-refractivity contribution in [3.05, 3.63) is 34.3 Å². The first-order chi connectivity index (χ1) is 8.16. The van der Waals surface area contributed by atoms with Crippen LogP contribution >= 0.6 is 11.3 Å². The summed E-state index contributed by atoms with van der Waals surface area (Å²) >= 11 is 0.989. The quantitative estimate of drug-likeness (QED) is 0.734. The van der Waals surface area contributed by atoms with Gasteiger partial charge in [0.1, 0.15) is 5.82 Å². The molecule has 1 amide bonds. The maximum absolute atomic E-state index is 11.6. The van der Waals surface area contributed by atoms with E-state index in [1.54, 1.807) is 12.4 Å². The maximum atomic E-state index is 11.6. The number of aromatic carboxylic acids is 1. The van der Waals surface area contributed by atoms with E-state index in [9.17, 15) is 9.59 Å². The molecule has 2 rings (SSSR count). The molecule has 7 nitrogen and oxygen atoms in total. The first-order valence-electron chi connectivity index (χ1n) is 4.62. The van der Waals surface area contributed by atoms with Gasteiger partial charge < -0.3 is 15.4 Å². The average Bonchev–Trinajstić information content (AvgIpc) is 2.96. The van der Waals surface area contributed by atoms with Gasteiger partial charge in [-0.05, 0) is 0 Å². The highest BCUT2D eigenvalue weighted by Gasteiger charge is 2.14. The molecule has 2 aromatic rings. The van der Waals surface area contributed by atoms with E-state index in [-0.39, 0.29) is 17.2 Å². The van der Waals surface area contributed by atoms with Crippen LogP contribution in [-0.2, 0) is 6.54 Å². The van der Waals surface area contributed by atoms with Gasteiger partial charge in [0.15, 0.2) is 10.7 Å². The summed E-state index contributed by atoms with van der Waals surface area (Å²) < 4.78 is 0. The van der Waals surface area contributed by atoms with Gasteiger partial charge in [0.05, 0.1) is 6.54 Å². The fourth-order valence-electron chi connectivity index (χ4n) is 1.11. The van der Waals surface area contributed by atoms with Crippen LogP contribution in [-0.4, -0.2) is 31.9 Å². The standard InChI is InChI=1S/C9H8N4O3S/c14-7(12-3-6-10-1-2-11-6)8-13-5(4-17-8)9(15)16/h1-2,4H,3H2,(H,10,11)(H,12,14)(H,15,16). The van der Waals surface area contributed by atoms with E-state index < -0.39 is 11.9 Å². The number of carboxylic acids is 1. The second kappa shape index (κ2) is 4.74. The summed E-state index contributed by atoms with van der Waals surface area (Å²) in [6.07, 6.45) is 3.22. The van der Waals surface area contributed by atoms with Crippen molar-refractivity contribution in [1.82, 2.24) is 20.3 Å². The van der Waals surface area contributed by atoms with Crippen molar-refractivity contribution < 1.29 is 14.7 Å². The molecule has 0 aliphatic heterocycles. The summed E-state index contributed by atoms with van der Waals surface area (Å²) in [5.41, 5.74) is -0.127. The van der Waals surface area contributed by atoms with Crippen molar-refractivity contribution in [2.24, 2.45) is 0 Å². The number of nitrogens with one attached hydrogen (secondary N) is 2. The Hall–Kier alpha value is -2.22. The second-order valence-corrected chi connectivity index (χ2v) is 3.92. The molecule has 0 saturated carbocycles. The third kappa shape index (κ3) is 2.67. The third-order valence-electron chi connectivity index (χ3n) is 1.89. The van der Waals surface area contributed by atoms with E-state index in [0.717, 1.165) is 11.3 Å². The van der Waals surface area contributed by atoms with Gasteiger partial charge in [-0.25, -0.2) is 14.8 Å². The summed E-state index contributed by atoms with van der Waals surface area (Å²) in [5.74, 6) is -0.946. The number of aromatic nitrogens is 3. The normalized spacial score (nSPS) is 10.1. The van der Waals surface area contributed by atoms with Crippen molar-refractivity contribution in [2.75, 3.05) is 0 Å². The predicted octanol–water partition coefficient (Wildman–Crippen LogP) is 0.494. The largest absolute Gasteiger partial charge is 0.476 e. The highest BCUT2D eigenvalue weighted by molar-refractivity contribution is 7.11. The number of thiazole rings is 1. The Kier molecular flexibility index (Phi) is 3.15. The van der Waals surface area contributed by atoms with E-state index >= 15 is 0 Å². The topological polar surface area (TPSA) is 108 Å². The van der Waals surface area contributed by atoms with Crippen LogP contribution in [0.5, 0.6) is 0 Å². The molecule has 0 aromatic carbocycles. The van der Waals surface area contributed by atoms with Gasteiger partial charge >= 0.3 is 5.97 Å². The van der Waals surface area contributed by atoms with E-state index in [2.05, 4.69) is 20.3 Å². The van der Waals surface area contributed by atoms with Crippen LogP contribution in [0.15, 0.2) is 17.8 Å². The van der Waals surface area contributed by atoms with Crippen molar-refractivity contribution >= 4 is 23.2 Å². The summed E-state index contributed by atoms with van der Waals surface area (Å²) in [6, 6.07) is 0. The highest BCUT2D eigenvalue weighted by atomic mass is 32.1. The molecule has 0 aliphatic rings.